The van der Waals surface area contributed by atoms with Crippen LogP contribution in [0.25, 0.3) is 0 Å². The number of methoxy groups -OCH3 is 1. The van der Waals surface area contributed by atoms with Crippen LogP contribution in [0.3, 0.4) is 0 Å². The quantitative estimate of drug-likeness (QED) is 0.739. The molecule has 2 rings (SSSR count). The van der Waals surface area contributed by atoms with Crippen molar-refractivity contribution in [2.45, 2.75) is 13.3 Å². The van der Waals surface area contributed by atoms with Crippen molar-refractivity contribution in [1.82, 2.24) is 4.98 Å². The molecule has 1 heterocycles. The van der Waals surface area contributed by atoms with Gasteiger partial charge < -0.3 is 9.47 Å². The van der Waals surface area contributed by atoms with Crippen molar-refractivity contribution in [1.29, 1.82) is 0 Å². The molecule has 1 aromatic carbocycles. The third-order valence-electron chi connectivity index (χ3n) is 3.08. The van der Waals surface area contributed by atoms with Gasteiger partial charge in [-0.1, -0.05) is 23.7 Å². The van der Waals surface area contributed by atoms with E-state index >= 15 is 0 Å². The number of amides is 1. The van der Waals surface area contributed by atoms with Gasteiger partial charge in [0.05, 0.1) is 13.2 Å². The summed E-state index contributed by atoms with van der Waals surface area (Å²) in [6, 6.07) is 6.00. The smallest absolute Gasteiger partial charge is 0.252 e. The number of nitrogens with zero attached hydrogens (tertiary/aromatic N) is 1. The van der Waals surface area contributed by atoms with E-state index in [0.717, 1.165) is 27.4 Å². The highest BCUT2D eigenvalue weighted by molar-refractivity contribution is 7.15. The summed E-state index contributed by atoms with van der Waals surface area (Å²) in [5.41, 5.74) is 2.17. The summed E-state index contributed by atoms with van der Waals surface area (Å²) >= 11 is 7.58. The van der Waals surface area contributed by atoms with Crippen molar-refractivity contribution in [3.8, 4) is 0 Å². The SMILES string of the molecule is COCCOCC(=O)Nc1ncc(Cc2ccc(C)c(Cl)c2)s1. The van der Waals surface area contributed by atoms with Crippen molar-refractivity contribution >= 4 is 34.0 Å². The number of nitrogens with one attached hydrogen (secondary N) is 1. The summed E-state index contributed by atoms with van der Waals surface area (Å²) in [5, 5.41) is 4.05. The van der Waals surface area contributed by atoms with Crippen LogP contribution in [-0.4, -0.2) is 37.8 Å². The maximum Gasteiger partial charge on any atom is 0.252 e. The van der Waals surface area contributed by atoms with Gasteiger partial charge in [-0.25, -0.2) is 4.98 Å². The number of thiazole rings is 1. The van der Waals surface area contributed by atoms with Gasteiger partial charge >= 0.3 is 0 Å². The number of aromatic nitrogens is 1. The number of benzene rings is 1. The first-order valence-corrected chi connectivity index (χ1v) is 8.34. The molecule has 0 atom stereocenters. The molecule has 0 bridgehead atoms. The Hall–Kier alpha value is -1.47. The Kier molecular flexibility index (Phi) is 6.98. The van der Waals surface area contributed by atoms with Crippen LogP contribution in [0.15, 0.2) is 24.4 Å². The van der Waals surface area contributed by atoms with Crippen LogP contribution in [0.1, 0.15) is 16.0 Å². The number of hydrogen-bond donors (Lipinski definition) is 1. The van der Waals surface area contributed by atoms with Gasteiger partial charge in [-0.05, 0) is 24.1 Å². The van der Waals surface area contributed by atoms with E-state index < -0.39 is 0 Å². The average molecular weight is 355 g/mol. The van der Waals surface area contributed by atoms with Gasteiger partial charge in [-0.3, -0.25) is 10.1 Å². The highest BCUT2D eigenvalue weighted by Crippen LogP contribution is 2.23. The van der Waals surface area contributed by atoms with Gasteiger partial charge in [-0.15, -0.1) is 11.3 Å². The fourth-order valence-corrected chi connectivity index (χ4v) is 2.92. The zero-order valence-corrected chi connectivity index (χ0v) is 14.7. The zero-order chi connectivity index (χ0) is 16.7. The van der Waals surface area contributed by atoms with Crippen molar-refractivity contribution in [3.05, 3.63) is 45.4 Å². The lowest BCUT2D eigenvalue weighted by Crippen LogP contribution is -2.19. The number of hydrogen-bond acceptors (Lipinski definition) is 5. The molecule has 0 aliphatic heterocycles. The van der Waals surface area contributed by atoms with Crippen LogP contribution < -0.4 is 5.32 Å². The lowest BCUT2D eigenvalue weighted by Gasteiger charge is -2.03. The van der Waals surface area contributed by atoms with Crippen LogP contribution in [0.2, 0.25) is 5.02 Å². The number of halogens is 1. The minimum atomic E-state index is -0.222. The predicted molar refractivity (Wildman–Crippen MR) is 92.4 cm³/mol. The van der Waals surface area contributed by atoms with Crippen LogP contribution in [0, 0.1) is 6.92 Å². The molecule has 0 spiro atoms. The largest absolute Gasteiger partial charge is 0.382 e. The summed E-state index contributed by atoms with van der Waals surface area (Å²) in [6.07, 6.45) is 2.50. The first-order chi connectivity index (χ1) is 11.1. The molecule has 0 saturated carbocycles. The number of carbonyl (C=O) groups is 1. The second-order valence-electron chi connectivity index (χ2n) is 4.99. The molecule has 0 aliphatic rings. The Morgan fingerprint density at radius 3 is 2.96 bits per heavy atom. The maximum absolute atomic E-state index is 11.7. The van der Waals surface area contributed by atoms with Crippen molar-refractivity contribution in [2.75, 3.05) is 32.2 Å². The third kappa shape index (κ3) is 5.91. The highest BCUT2D eigenvalue weighted by atomic mass is 35.5. The molecule has 23 heavy (non-hydrogen) atoms. The summed E-state index contributed by atoms with van der Waals surface area (Å²) in [6.45, 7) is 2.82. The highest BCUT2D eigenvalue weighted by Gasteiger charge is 2.08. The van der Waals surface area contributed by atoms with Gasteiger partial charge in [0.2, 0.25) is 0 Å². The molecule has 0 unspecified atom stereocenters. The Bertz CT molecular complexity index is 661. The minimum absolute atomic E-state index is 0.00809. The van der Waals surface area contributed by atoms with Crippen molar-refractivity contribution < 1.29 is 14.3 Å². The molecule has 0 fully saturated rings. The first kappa shape index (κ1) is 17.9. The Morgan fingerprint density at radius 1 is 1.39 bits per heavy atom. The number of rotatable bonds is 8. The summed E-state index contributed by atoms with van der Waals surface area (Å²) in [7, 11) is 1.59. The normalized spacial score (nSPS) is 10.7. The zero-order valence-electron chi connectivity index (χ0n) is 13.1. The van der Waals surface area contributed by atoms with Gasteiger partial charge in [0.25, 0.3) is 5.91 Å². The lowest BCUT2D eigenvalue weighted by atomic mass is 10.1. The molecule has 0 radical (unpaired) electrons. The predicted octanol–water partition coefficient (Wildman–Crippen LogP) is 3.30. The lowest BCUT2D eigenvalue weighted by molar-refractivity contribution is -0.121. The summed E-state index contributed by atoms with van der Waals surface area (Å²) in [4.78, 5) is 17.0. The molecule has 1 aromatic heterocycles. The topological polar surface area (TPSA) is 60.5 Å². The molecular weight excluding hydrogens is 336 g/mol. The van der Waals surface area contributed by atoms with Crippen LogP contribution in [0.4, 0.5) is 5.13 Å². The van der Waals surface area contributed by atoms with Crippen LogP contribution >= 0.6 is 22.9 Å². The van der Waals surface area contributed by atoms with Gasteiger partial charge in [-0.2, -0.15) is 0 Å². The van der Waals surface area contributed by atoms with E-state index in [1.165, 1.54) is 11.3 Å². The fraction of sp³-hybridized carbons (Fsp3) is 0.375. The van der Waals surface area contributed by atoms with Crippen molar-refractivity contribution in [2.24, 2.45) is 0 Å². The van der Waals surface area contributed by atoms with Gasteiger partial charge in [0.1, 0.15) is 6.61 Å². The Labute approximate surface area is 144 Å². The van der Waals surface area contributed by atoms with Crippen LogP contribution in [-0.2, 0) is 20.7 Å². The van der Waals surface area contributed by atoms with Crippen LogP contribution in [0.5, 0.6) is 0 Å². The Morgan fingerprint density at radius 2 is 2.22 bits per heavy atom. The van der Waals surface area contributed by atoms with E-state index in [0.29, 0.717) is 18.3 Å². The number of ether oxygens (including phenoxy) is 2. The summed E-state index contributed by atoms with van der Waals surface area (Å²) in [5.74, 6) is -0.222. The fourth-order valence-electron chi connectivity index (χ4n) is 1.86. The number of anilines is 1. The van der Waals surface area contributed by atoms with E-state index in [1.54, 1.807) is 13.3 Å². The minimum Gasteiger partial charge on any atom is -0.382 e. The molecule has 5 nitrogen and oxygen atoms in total. The second-order valence-corrected chi connectivity index (χ2v) is 6.51. The van der Waals surface area contributed by atoms with E-state index in [9.17, 15) is 4.79 Å². The van der Waals surface area contributed by atoms with E-state index in [-0.39, 0.29) is 12.5 Å². The first-order valence-electron chi connectivity index (χ1n) is 7.14. The molecule has 124 valence electrons. The van der Waals surface area contributed by atoms with E-state index in [4.69, 9.17) is 21.1 Å². The molecule has 1 amide bonds. The Balaban J connectivity index is 1.85. The molecule has 7 heteroatoms. The number of aryl methyl sites for hydroxylation is 1. The molecular formula is C16H19ClN2O3S. The third-order valence-corrected chi connectivity index (χ3v) is 4.40. The molecule has 0 aliphatic carbocycles. The van der Waals surface area contributed by atoms with Gasteiger partial charge in [0.15, 0.2) is 5.13 Å². The average Bonchev–Trinajstić information content (AvgIpc) is 2.94. The molecule has 1 N–H and O–H groups in total. The van der Waals surface area contributed by atoms with Gasteiger partial charge in [0, 0.05) is 29.6 Å². The number of carbonyl (C=O) groups excluding carboxylic acids is 1. The monoisotopic (exact) mass is 354 g/mol. The molecule has 2 aromatic rings. The summed E-state index contributed by atoms with van der Waals surface area (Å²) < 4.78 is 10.0. The standard InChI is InChI=1S/C16H19ClN2O3S/c1-11-3-4-12(8-14(11)17)7-13-9-18-16(23-13)19-15(20)10-22-6-5-21-2/h3-4,8-9H,5-7,10H2,1-2H3,(H,18,19,20). The maximum atomic E-state index is 11.7. The molecule has 0 saturated heterocycles. The van der Waals surface area contributed by atoms with E-state index in [1.807, 2.05) is 25.1 Å². The second kappa shape index (κ2) is 8.98. The van der Waals surface area contributed by atoms with Crippen molar-refractivity contribution in [3.63, 3.8) is 0 Å². The van der Waals surface area contributed by atoms with E-state index in [2.05, 4.69) is 10.3 Å².